The summed E-state index contributed by atoms with van der Waals surface area (Å²) in [6.45, 7) is 2.45. The van der Waals surface area contributed by atoms with E-state index >= 15 is 0 Å². The van der Waals surface area contributed by atoms with Gasteiger partial charge in [0, 0.05) is 23.0 Å². The highest BCUT2D eigenvalue weighted by Crippen LogP contribution is 2.48. The van der Waals surface area contributed by atoms with Crippen LogP contribution in [0.15, 0.2) is 66.7 Å². The minimum absolute atomic E-state index is 0.266. The van der Waals surface area contributed by atoms with Crippen LogP contribution in [0, 0.1) is 0 Å². The second kappa shape index (κ2) is 7.05. The fourth-order valence-electron chi connectivity index (χ4n) is 4.22. The van der Waals surface area contributed by atoms with Crippen molar-refractivity contribution in [3.63, 3.8) is 0 Å². The lowest BCUT2D eigenvalue weighted by Crippen LogP contribution is -2.61. The Balaban J connectivity index is 1.73. The number of benzene rings is 3. The molecule has 1 atom stereocenters. The number of rotatable bonds is 4. The van der Waals surface area contributed by atoms with Gasteiger partial charge in [0.15, 0.2) is 0 Å². The Hall–Kier alpha value is -4.00. The molecule has 2 N–H and O–H groups in total. The van der Waals surface area contributed by atoms with Gasteiger partial charge < -0.3 is 20.1 Å². The second-order valence-electron chi connectivity index (χ2n) is 7.31. The van der Waals surface area contributed by atoms with E-state index in [-0.39, 0.29) is 11.8 Å². The van der Waals surface area contributed by atoms with Gasteiger partial charge in [0.05, 0.1) is 25.0 Å². The molecule has 7 nitrogen and oxygen atoms in total. The highest BCUT2D eigenvalue weighted by atomic mass is 16.5. The fourth-order valence-corrected chi connectivity index (χ4v) is 4.22. The quantitative estimate of drug-likeness (QED) is 0.674. The molecular formula is C24H21N3O4. The van der Waals surface area contributed by atoms with Gasteiger partial charge in [0.2, 0.25) is 5.66 Å². The average Bonchev–Trinajstić information content (AvgIpc) is 3.05. The zero-order valence-electron chi connectivity index (χ0n) is 17.1. The van der Waals surface area contributed by atoms with E-state index in [0.717, 1.165) is 0 Å². The van der Waals surface area contributed by atoms with Gasteiger partial charge in [0.1, 0.15) is 11.5 Å². The van der Waals surface area contributed by atoms with Gasteiger partial charge in [-0.2, -0.15) is 0 Å². The Labute approximate surface area is 179 Å². The highest BCUT2D eigenvalue weighted by molar-refractivity contribution is 6.22. The highest BCUT2D eigenvalue weighted by Gasteiger charge is 2.57. The number of anilines is 3. The molecule has 2 aliphatic heterocycles. The molecule has 2 aliphatic rings. The van der Waals surface area contributed by atoms with Crippen LogP contribution in [0.3, 0.4) is 0 Å². The first-order valence-corrected chi connectivity index (χ1v) is 10.0. The minimum atomic E-state index is -1.43. The number of methoxy groups -OCH3 is 1. The van der Waals surface area contributed by atoms with Crippen LogP contribution < -0.4 is 25.0 Å². The maximum Gasteiger partial charge on any atom is 0.276 e. The summed E-state index contributed by atoms with van der Waals surface area (Å²) in [5.41, 5.74) is 1.50. The molecule has 1 spiro atoms. The normalized spacial score (nSPS) is 18.8. The molecule has 31 heavy (non-hydrogen) atoms. The van der Waals surface area contributed by atoms with Gasteiger partial charge in [-0.25, -0.2) is 0 Å². The van der Waals surface area contributed by atoms with Crippen molar-refractivity contribution < 1.29 is 19.1 Å². The average molecular weight is 415 g/mol. The SMILES string of the molecule is CCOc1ccc(N2C(=O)c3ccccc3NC23C(=O)Nc2cc(OC)ccc23)cc1. The van der Waals surface area contributed by atoms with Crippen molar-refractivity contribution in [1.29, 1.82) is 0 Å². The number of para-hydroxylation sites is 1. The standard InChI is InChI=1S/C24H21N3O4/c1-3-31-16-10-8-15(9-11-16)27-22(28)18-6-4-5-7-20(18)26-24(27)19-13-12-17(30-2)14-21(19)25-23(24)29/h4-14,26H,3H2,1-2H3,(H,25,29). The molecule has 0 aliphatic carbocycles. The Morgan fingerprint density at radius 1 is 0.935 bits per heavy atom. The van der Waals surface area contributed by atoms with Crippen molar-refractivity contribution in [2.45, 2.75) is 12.6 Å². The van der Waals surface area contributed by atoms with Gasteiger partial charge in [-0.1, -0.05) is 12.1 Å². The Morgan fingerprint density at radius 3 is 2.42 bits per heavy atom. The van der Waals surface area contributed by atoms with E-state index in [1.165, 1.54) is 4.90 Å². The number of nitrogens with one attached hydrogen (secondary N) is 2. The third-order valence-corrected chi connectivity index (χ3v) is 5.61. The van der Waals surface area contributed by atoms with E-state index < -0.39 is 5.66 Å². The summed E-state index contributed by atoms with van der Waals surface area (Å²) in [6.07, 6.45) is 0. The molecule has 0 radical (unpaired) electrons. The summed E-state index contributed by atoms with van der Waals surface area (Å²) in [6, 6.07) is 19.7. The number of carbonyl (C=O) groups excluding carboxylic acids is 2. The smallest absolute Gasteiger partial charge is 0.276 e. The molecule has 0 bridgehead atoms. The molecule has 0 fully saturated rings. The van der Waals surface area contributed by atoms with Crippen molar-refractivity contribution in [3.05, 3.63) is 77.9 Å². The van der Waals surface area contributed by atoms with E-state index in [9.17, 15) is 9.59 Å². The van der Waals surface area contributed by atoms with Crippen molar-refractivity contribution in [1.82, 2.24) is 0 Å². The number of hydrogen-bond acceptors (Lipinski definition) is 5. The molecule has 2 heterocycles. The number of fused-ring (bicyclic) bond motifs is 3. The number of nitrogens with zero attached hydrogens (tertiary/aromatic N) is 1. The molecule has 0 saturated carbocycles. The molecule has 1 unspecified atom stereocenters. The third kappa shape index (κ3) is 2.73. The van der Waals surface area contributed by atoms with Crippen molar-refractivity contribution in [3.8, 4) is 11.5 Å². The first-order chi connectivity index (χ1) is 15.1. The zero-order chi connectivity index (χ0) is 21.6. The first kappa shape index (κ1) is 19.0. The van der Waals surface area contributed by atoms with E-state index in [2.05, 4.69) is 10.6 Å². The van der Waals surface area contributed by atoms with Crippen molar-refractivity contribution in [2.75, 3.05) is 29.3 Å². The van der Waals surface area contributed by atoms with Gasteiger partial charge in [-0.15, -0.1) is 0 Å². The summed E-state index contributed by atoms with van der Waals surface area (Å²) in [5.74, 6) is 0.704. The van der Waals surface area contributed by atoms with Crippen LogP contribution in [0.4, 0.5) is 17.1 Å². The molecule has 0 aromatic heterocycles. The Kier molecular flexibility index (Phi) is 4.32. The first-order valence-electron chi connectivity index (χ1n) is 10.0. The van der Waals surface area contributed by atoms with Crippen LogP contribution in [0.5, 0.6) is 11.5 Å². The topological polar surface area (TPSA) is 79.9 Å². The molecular weight excluding hydrogens is 394 g/mol. The number of ether oxygens (including phenoxy) is 2. The van der Waals surface area contributed by atoms with Crippen LogP contribution in [-0.2, 0) is 10.5 Å². The van der Waals surface area contributed by atoms with E-state index in [0.29, 0.717) is 46.3 Å². The van der Waals surface area contributed by atoms with Gasteiger partial charge in [0.25, 0.3) is 11.8 Å². The van der Waals surface area contributed by atoms with Crippen molar-refractivity contribution in [2.24, 2.45) is 0 Å². The zero-order valence-corrected chi connectivity index (χ0v) is 17.1. The predicted molar refractivity (Wildman–Crippen MR) is 118 cm³/mol. The lowest BCUT2D eigenvalue weighted by atomic mass is 9.92. The summed E-state index contributed by atoms with van der Waals surface area (Å²) in [4.78, 5) is 28.7. The van der Waals surface area contributed by atoms with Crippen molar-refractivity contribution >= 4 is 28.9 Å². The van der Waals surface area contributed by atoms with E-state index in [1.54, 1.807) is 61.7 Å². The summed E-state index contributed by atoms with van der Waals surface area (Å²) < 4.78 is 10.8. The number of hydrogen-bond donors (Lipinski definition) is 2. The van der Waals surface area contributed by atoms with Crippen LogP contribution >= 0.6 is 0 Å². The predicted octanol–water partition coefficient (Wildman–Crippen LogP) is 3.97. The van der Waals surface area contributed by atoms with E-state index in [1.807, 2.05) is 19.1 Å². The maximum absolute atomic E-state index is 13.7. The minimum Gasteiger partial charge on any atom is -0.497 e. The van der Waals surface area contributed by atoms with E-state index in [4.69, 9.17) is 9.47 Å². The Morgan fingerprint density at radius 2 is 1.68 bits per heavy atom. The summed E-state index contributed by atoms with van der Waals surface area (Å²) in [7, 11) is 1.57. The lowest BCUT2D eigenvalue weighted by molar-refractivity contribution is -0.119. The second-order valence-corrected chi connectivity index (χ2v) is 7.31. The van der Waals surface area contributed by atoms with Gasteiger partial charge in [-0.05, 0) is 55.5 Å². The monoisotopic (exact) mass is 415 g/mol. The van der Waals surface area contributed by atoms with Crippen LogP contribution in [0.1, 0.15) is 22.8 Å². The number of amides is 2. The maximum atomic E-state index is 13.7. The fraction of sp³-hybridized carbons (Fsp3) is 0.167. The third-order valence-electron chi connectivity index (χ3n) is 5.61. The Bertz CT molecular complexity index is 1190. The molecule has 3 aromatic rings. The number of carbonyl (C=O) groups is 2. The summed E-state index contributed by atoms with van der Waals surface area (Å²) >= 11 is 0. The molecule has 156 valence electrons. The van der Waals surface area contributed by atoms with Gasteiger partial charge in [-0.3, -0.25) is 14.5 Å². The summed E-state index contributed by atoms with van der Waals surface area (Å²) in [5, 5.41) is 6.27. The van der Waals surface area contributed by atoms with Crippen LogP contribution in [0.25, 0.3) is 0 Å². The van der Waals surface area contributed by atoms with Crippen LogP contribution in [0.2, 0.25) is 0 Å². The van der Waals surface area contributed by atoms with Crippen LogP contribution in [-0.4, -0.2) is 25.5 Å². The molecule has 3 aromatic carbocycles. The molecule has 5 rings (SSSR count). The molecule has 7 heteroatoms. The molecule has 0 saturated heterocycles. The lowest BCUT2D eigenvalue weighted by Gasteiger charge is -2.44. The van der Waals surface area contributed by atoms with Gasteiger partial charge >= 0.3 is 0 Å². The largest absolute Gasteiger partial charge is 0.497 e. The molecule has 2 amide bonds.